The van der Waals surface area contributed by atoms with Gasteiger partial charge in [0, 0.05) is 0 Å². The highest BCUT2D eigenvalue weighted by atomic mass is 16.6. The van der Waals surface area contributed by atoms with Crippen molar-refractivity contribution in [1.82, 2.24) is 0 Å². The van der Waals surface area contributed by atoms with Crippen molar-refractivity contribution in [2.24, 2.45) is 0 Å². The van der Waals surface area contributed by atoms with E-state index in [1.54, 1.807) is 6.92 Å². The third-order valence-electron chi connectivity index (χ3n) is 1.10. The predicted octanol–water partition coefficient (Wildman–Crippen LogP) is -0.261. The molecule has 4 heteroatoms. The summed E-state index contributed by atoms with van der Waals surface area (Å²) >= 11 is 0. The lowest BCUT2D eigenvalue weighted by molar-refractivity contribution is -0.107. The van der Waals surface area contributed by atoms with E-state index in [9.17, 15) is 0 Å². The van der Waals surface area contributed by atoms with Gasteiger partial charge in [-0.2, -0.15) is 0 Å². The Morgan fingerprint density at radius 1 is 1.18 bits per heavy atom. The Morgan fingerprint density at radius 2 is 1.73 bits per heavy atom. The van der Waals surface area contributed by atoms with Crippen molar-refractivity contribution >= 4 is 0 Å². The Labute approximate surface area is 66.7 Å². The van der Waals surface area contributed by atoms with Gasteiger partial charge in [-0.3, -0.25) is 0 Å². The highest BCUT2D eigenvalue weighted by Gasteiger charge is 1.99. The highest BCUT2D eigenvalue weighted by Crippen LogP contribution is 1.89. The van der Waals surface area contributed by atoms with Crippen LogP contribution in [-0.4, -0.2) is 42.4 Å². The fourth-order valence-corrected chi connectivity index (χ4v) is 0.521. The van der Waals surface area contributed by atoms with Crippen molar-refractivity contribution < 1.29 is 19.7 Å². The van der Waals surface area contributed by atoms with E-state index in [4.69, 9.17) is 19.7 Å². The molecule has 0 rings (SSSR count). The molecule has 2 atom stereocenters. The number of aliphatic hydroxyl groups is 2. The Balaban J connectivity index is 3.01. The summed E-state index contributed by atoms with van der Waals surface area (Å²) in [6.45, 7) is 4.06. The second-order valence-electron chi connectivity index (χ2n) is 2.33. The molecule has 4 nitrogen and oxygen atoms in total. The quantitative estimate of drug-likeness (QED) is 0.419. The second-order valence-corrected chi connectivity index (χ2v) is 2.33. The molecule has 0 aromatic carbocycles. The van der Waals surface area contributed by atoms with Gasteiger partial charge in [0.2, 0.25) is 0 Å². The van der Waals surface area contributed by atoms with E-state index in [0.29, 0.717) is 13.2 Å². The Kier molecular flexibility index (Phi) is 6.45. The zero-order valence-corrected chi connectivity index (χ0v) is 6.99. The molecule has 0 saturated carbocycles. The minimum absolute atomic E-state index is 0.00861. The van der Waals surface area contributed by atoms with Crippen LogP contribution in [0.5, 0.6) is 0 Å². The van der Waals surface area contributed by atoms with E-state index >= 15 is 0 Å². The van der Waals surface area contributed by atoms with Crippen LogP contribution in [0.1, 0.15) is 13.8 Å². The molecule has 0 aromatic rings. The average molecular weight is 164 g/mol. The first kappa shape index (κ1) is 10.8. The lowest BCUT2D eigenvalue weighted by atomic mass is 10.4. The van der Waals surface area contributed by atoms with Crippen LogP contribution in [0.15, 0.2) is 0 Å². The molecule has 0 aliphatic heterocycles. The van der Waals surface area contributed by atoms with Crippen LogP contribution in [0.25, 0.3) is 0 Å². The first-order chi connectivity index (χ1) is 5.16. The molecule has 11 heavy (non-hydrogen) atoms. The molecule has 0 saturated heterocycles. The van der Waals surface area contributed by atoms with Crippen LogP contribution >= 0.6 is 0 Å². The van der Waals surface area contributed by atoms with E-state index < -0.39 is 6.29 Å². The van der Waals surface area contributed by atoms with Crippen molar-refractivity contribution in [3.05, 3.63) is 0 Å². The maximum atomic E-state index is 8.65. The fourth-order valence-electron chi connectivity index (χ4n) is 0.521. The lowest BCUT2D eigenvalue weighted by Crippen LogP contribution is -2.18. The third-order valence-corrected chi connectivity index (χ3v) is 1.10. The number of rotatable bonds is 6. The zero-order chi connectivity index (χ0) is 8.69. The topological polar surface area (TPSA) is 58.9 Å². The third kappa shape index (κ3) is 7.74. The molecule has 2 unspecified atom stereocenters. The largest absolute Gasteiger partial charge is 0.394 e. The van der Waals surface area contributed by atoms with Crippen molar-refractivity contribution in [2.45, 2.75) is 26.2 Å². The van der Waals surface area contributed by atoms with E-state index in [1.165, 1.54) is 6.92 Å². The smallest absolute Gasteiger partial charge is 0.151 e. The van der Waals surface area contributed by atoms with E-state index in [2.05, 4.69) is 0 Å². The van der Waals surface area contributed by atoms with Gasteiger partial charge in [-0.1, -0.05) is 0 Å². The number of hydrogen-bond acceptors (Lipinski definition) is 4. The van der Waals surface area contributed by atoms with Crippen molar-refractivity contribution in [3.63, 3.8) is 0 Å². The standard InChI is InChI=1S/C7H16O4/c1-6(5-8)10-3-4-11-7(2)9/h6-9H,3-5H2,1-2H3. The Hall–Kier alpha value is -0.160. The molecule has 2 N–H and O–H groups in total. The zero-order valence-electron chi connectivity index (χ0n) is 6.99. The van der Waals surface area contributed by atoms with Crippen LogP contribution in [0.2, 0.25) is 0 Å². The molecule has 0 aliphatic rings. The van der Waals surface area contributed by atoms with E-state index in [0.717, 1.165) is 0 Å². The van der Waals surface area contributed by atoms with Crippen LogP contribution in [-0.2, 0) is 9.47 Å². The molecule has 0 aromatic heterocycles. The van der Waals surface area contributed by atoms with Crippen molar-refractivity contribution in [1.29, 1.82) is 0 Å². The normalized spacial score (nSPS) is 16.4. The number of aliphatic hydroxyl groups excluding tert-OH is 2. The minimum Gasteiger partial charge on any atom is -0.394 e. The van der Waals surface area contributed by atoms with Gasteiger partial charge >= 0.3 is 0 Å². The Bertz CT molecular complexity index is 84.5. The number of hydrogen-bond donors (Lipinski definition) is 2. The highest BCUT2D eigenvalue weighted by molar-refractivity contribution is 4.43. The van der Waals surface area contributed by atoms with Crippen LogP contribution in [0.3, 0.4) is 0 Å². The molecule has 0 bridgehead atoms. The summed E-state index contributed by atoms with van der Waals surface area (Å²) in [5, 5.41) is 17.2. The summed E-state index contributed by atoms with van der Waals surface area (Å²) in [4.78, 5) is 0. The van der Waals surface area contributed by atoms with Crippen LogP contribution < -0.4 is 0 Å². The molecule has 0 radical (unpaired) electrons. The summed E-state index contributed by atoms with van der Waals surface area (Å²) in [6.07, 6.45) is -0.907. The number of ether oxygens (including phenoxy) is 2. The first-order valence-electron chi connectivity index (χ1n) is 3.69. The SMILES string of the molecule is CC(O)OCCOC(C)CO. The van der Waals surface area contributed by atoms with Gasteiger partial charge in [0.25, 0.3) is 0 Å². The molecule has 0 spiro atoms. The summed E-state index contributed by atoms with van der Waals surface area (Å²) in [7, 11) is 0. The summed E-state index contributed by atoms with van der Waals surface area (Å²) < 4.78 is 9.84. The lowest BCUT2D eigenvalue weighted by Gasteiger charge is -2.10. The molecule has 0 fully saturated rings. The van der Waals surface area contributed by atoms with Gasteiger partial charge < -0.3 is 19.7 Å². The Morgan fingerprint density at radius 3 is 2.18 bits per heavy atom. The maximum Gasteiger partial charge on any atom is 0.151 e. The van der Waals surface area contributed by atoms with E-state index in [1.807, 2.05) is 0 Å². The van der Waals surface area contributed by atoms with Gasteiger partial charge in [0.1, 0.15) is 0 Å². The molecule has 68 valence electrons. The minimum atomic E-state index is -0.747. The van der Waals surface area contributed by atoms with Gasteiger partial charge in [0.05, 0.1) is 25.9 Å². The van der Waals surface area contributed by atoms with Gasteiger partial charge in [-0.05, 0) is 13.8 Å². The van der Waals surface area contributed by atoms with Gasteiger partial charge in [-0.15, -0.1) is 0 Å². The maximum absolute atomic E-state index is 8.65. The second kappa shape index (κ2) is 6.54. The summed E-state index contributed by atoms with van der Waals surface area (Å²) in [5.41, 5.74) is 0. The van der Waals surface area contributed by atoms with Crippen LogP contribution in [0, 0.1) is 0 Å². The van der Waals surface area contributed by atoms with Gasteiger partial charge in [-0.25, -0.2) is 0 Å². The molecule has 0 heterocycles. The first-order valence-corrected chi connectivity index (χ1v) is 3.69. The van der Waals surface area contributed by atoms with Crippen LogP contribution in [0.4, 0.5) is 0 Å². The van der Waals surface area contributed by atoms with Crippen molar-refractivity contribution in [2.75, 3.05) is 19.8 Å². The predicted molar refractivity (Wildman–Crippen MR) is 40.1 cm³/mol. The fraction of sp³-hybridized carbons (Fsp3) is 1.00. The average Bonchev–Trinajstić information content (AvgIpc) is 1.97. The monoisotopic (exact) mass is 164 g/mol. The molecular weight excluding hydrogens is 148 g/mol. The molecule has 0 amide bonds. The van der Waals surface area contributed by atoms with Crippen molar-refractivity contribution in [3.8, 4) is 0 Å². The molecular formula is C7H16O4. The van der Waals surface area contributed by atoms with Gasteiger partial charge in [0.15, 0.2) is 6.29 Å². The summed E-state index contributed by atoms with van der Waals surface area (Å²) in [5.74, 6) is 0. The van der Waals surface area contributed by atoms with E-state index in [-0.39, 0.29) is 12.7 Å². The summed E-state index contributed by atoms with van der Waals surface area (Å²) in [6, 6.07) is 0. The molecule has 0 aliphatic carbocycles.